The average molecular weight is 346 g/mol. The van der Waals surface area contributed by atoms with Crippen molar-refractivity contribution in [2.45, 2.75) is 20.3 Å². The summed E-state index contributed by atoms with van der Waals surface area (Å²) >= 11 is 0. The Kier molecular flexibility index (Phi) is 5.93. The molecule has 134 valence electrons. The number of anilines is 4. The summed E-state index contributed by atoms with van der Waals surface area (Å²) in [4.78, 5) is 18.9. The summed E-state index contributed by atoms with van der Waals surface area (Å²) in [7, 11) is 1.56. The second-order valence-electron chi connectivity index (χ2n) is 5.85. The minimum absolute atomic E-state index is 0.0368. The zero-order valence-electron chi connectivity index (χ0n) is 14.4. The van der Waals surface area contributed by atoms with E-state index >= 15 is 0 Å². The smallest absolute Gasteiger partial charge is 0.353 e. The molecule has 0 saturated carbocycles. The lowest BCUT2D eigenvalue weighted by Crippen LogP contribution is -2.12. The van der Waals surface area contributed by atoms with Crippen molar-refractivity contribution in [1.29, 1.82) is 0 Å². The number of nitrogens with zero attached hydrogens (tertiary/aromatic N) is 3. The van der Waals surface area contributed by atoms with Gasteiger partial charge < -0.3 is 21.1 Å². The maximum Gasteiger partial charge on any atom is 0.353 e. The van der Waals surface area contributed by atoms with E-state index in [9.17, 15) is 10.1 Å². The fourth-order valence-electron chi connectivity index (χ4n) is 2.10. The van der Waals surface area contributed by atoms with Gasteiger partial charge in [0.05, 0.1) is 12.0 Å². The Morgan fingerprint density at radius 3 is 2.52 bits per heavy atom. The van der Waals surface area contributed by atoms with Crippen molar-refractivity contribution in [2.24, 2.45) is 5.92 Å². The van der Waals surface area contributed by atoms with Gasteiger partial charge in [0, 0.05) is 12.2 Å². The summed E-state index contributed by atoms with van der Waals surface area (Å²) < 4.78 is 5.09. The maximum absolute atomic E-state index is 11.3. The molecule has 0 saturated heterocycles. The molecular weight excluding hydrogens is 324 g/mol. The average Bonchev–Trinajstić information content (AvgIpc) is 2.54. The summed E-state index contributed by atoms with van der Waals surface area (Å²) in [6.45, 7) is 4.85. The minimum Gasteiger partial charge on any atom is -0.497 e. The van der Waals surface area contributed by atoms with Crippen LogP contribution in [0.15, 0.2) is 24.3 Å². The maximum atomic E-state index is 11.3. The van der Waals surface area contributed by atoms with Crippen LogP contribution >= 0.6 is 0 Å². The number of rotatable bonds is 8. The van der Waals surface area contributed by atoms with Crippen molar-refractivity contribution < 1.29 is 9.66 Å². The molecule has 4 N–H and O–H groups in total. The van der Waals surface area contributed by atoms with Crippen LogP contribution in [-0.2, 0) is 0 Å². The molecule has 0 unspecified atom stereocenters. The molecule has 0 amide bonds. The largest absolute Gasteiger partial charge is 0.497 e. The molecule has 0 aliphatic rings. The predicted octanol–water partition coefficient (Wildman–Crippen LogP) is 3.18. The monoisotopic (exact) mass is 346 g/mol. The van der Waals surface area contributed by atoms with Crippen LogP contribution < -0.4 is 21.1 Å². The molecule has 0 spiro atoms. The van der Waals surface area contributed by atoms with Gasteiger partial charge in [-0.05, 0) is 36.6 Å². The number of benzene rings is 1. The number of nitrogen functional groups attached to an aromatic ring is 1. The van der Waals surface area contributed by atoms with E-state index in [1.54, 1.807) is 31.4 Å². The highest BCUT2D eigenvalue weighted by atomic mass is 16.6. The molecule has 9 nitrogen and oxygen atoms in total. The van der Waals surface area contributed by atoms with E-state index in [0.717, 1.165) is 6.42 Å². The van der Waals surface area contributed by atoms with E-state index in [1.807, 2.05) is 0 Å². The fourth-order valence-corrected chi connectivity index (χ4v) is 2.10. The standard InChI is InChI=1S/C16H22N6O3/c1-10(2)8-9-18-16-20-14(17)13(22(23)24)15(21-16)19-11-4-6-12(25-3)7-5-11/h4-7,10H,8-9H2,1-3H3,(H4,17,18,19,20,21). The van der Waals surface area contributed by atoms with E-state index in [2.05, 4.69) is 34.4 Å². The third-order valence-corrected chi connectivity index (χ3v) is 3.45. The van der Waals surface area contributed by atoms with Gasteiger partial charge in [-0.3, -0.25) is 10.1 Å². The first-order valence-corrected chi connectivity index (χ1v) is 7.87. The molecule has 25 heavy (non-hydrogen) atoms. The van der Waals surface area contributed by atoms with Gasteiger partial charge in [0.15, 0.2) is 0 Å². The minimum atomic E-state index is -0.598. The number of hydrogen-bond donors (Lipinski definition) is 3. The van der Waals surface area contributed by atoms with Crippen LogP contribution in [0.5, 0.6) is 5.75 Å². The van der Waals surface area contributed by atoms with Gasteiger partial charge in [0.25, 0.3) is 0 Å². The third kappa shape index (κ3) is 4.93. The predicted molar refractivity (Wildman–Crippen MR) is 97.3 cm³/mol. The van der Waals surface area contributed by atoms with Crippen LogP contribution in [0.3, 0.4) is 0 Å². The molecule has 1 heterocycles. The Morgan fingerprint density at radius 2 is 1.96 bits per heavy atom. The van der Waals surface area contributed by atoms with Crippen molar-refractivity contribution >= 4 is 29.0 Å². The Balaban J connectivity index is 2.28. The molecule has 0 aliphatic heterocycles. The summed E-state index contributed by atoms with van der Waals surface area (Å²) in [5.74, 6) is 1.29. The van der Waals surface area contributed by atoms with E-state index < -0.39 is 4.92 Å². The van der Waals surface area contributed by atoms with Crippen molar-refractivity contribution in [1.82, 2.24) is 9.97 Å². The summed E-state index contributed by atoms with van der Waals surface area (Å²) in [5.41, 5.74) is 6.03. The molecule has 0 fully saturated rings. The van der Waals surface area contributed by atoms with Gasteiger partial charge in [0.1, 0.15) is 5.75 Å². The quantitative estimate of drug-likeness (QED) is 0.491. The zero-order valence-corrected chi connectivity index (χ0v) is 14.4. The Morgan fingerprint density at radius 1 is 1.28 bits per heavy atom. The van der Waals surface area contributed by atoms with Crippen LogP contribution in [-0.4, -0.2) is 28.5 Å². The highest BCUT2D eigenvalue weighted by Gasteiger charge is 2.23. The van der Waals surface area contributed by atoms with Crippen molar-refractivity contribution in [3.63, 3.8) is 0 Å². The van der Waals surface area contributed by atoms with Gasteiger partial charge in [-0.1, -0.05) is 13.8 Å². The number of aromatic nitrogens is 2. The molecule has 2 aromatic rings. The molecule has 0 bridgehead atoms. The Labute approximate surface area is 145 Å². The van der Waals surface area contributed by atoms with Crippen LogP contribution in [0.4, 0.5) is 29.0 Å². The van der Waals surface area contributed by atoms with E-state index in [4.69, 9.17) is 10.5 Å². The van der Waals surface area contributed by atoms with E-state index in [0.29, 0.717) is 23.9 Å². The van der Waals surface area contributed by atoms with Crippen LogP contribution in [0, 0.1) is 16.0 Å². The number of methoxy groups -OCH3 is 1. The Hall–Kier alpha value is -3.10. The van der Waals surface area contributed by atoms with Crippen molar-refractivity contribution in [3.8, 4) is 5.75 Å². The SMILES string of the molecule is COc1ccc(Nc2nc(NCCC(C)C)nc(N)c2[N+](=O)[O-])cc1. The van der Waals surface area contributed by atoms with Gasteiger partial charge in [-0.2, -0.15) is 9.97 Å². The van der Waals surface area contributed by atoms with E-state index in [-0.39, 0.29) is 23.3 Å². The van der Waals surface area contributed by atoms with Crippen LogP contribution in [0.25, 0.3) is 0 Å². The Bertz CT molecular complexity index is 733. The molecular formula is C16H22N6O3. The third-order valence-electron chi connectivity index (χ3n) is 3.45. The molecule has 9 heteroatoms. The van der Waals surface area contributed by atoms with Crippen molar-refractivity contribution in [3.05, 3.63) is 34.4 Å². The lowest BCUT2D eigenvalue weighted by molar-refractivity contribution is -0.383. The van der Waals surface area contributed by atoms with Gasteiger partial charge in [-0.25, -0.2) is 0 Å². The lowest BCUT2D eigenvalue weighted by atomic mass is 10.1. The first kappa shape index (κ1) is 18.2. The normalized spacial score (nSPS) is 10.6. The number of ether oxygens (including phenoxy) is 1. The first-order chi connectivity index (χ1) is 11.9. The second kappa shape index (κ2) is 8.13. The van der Waals surface area contributed by atoms with Gasteiger partial charge in [-0.15, -0.1) is 0 Å². The number of hydrogen-bond acceptors (Lipinski definition) is 8. The fraction of sp³-hybridized carbons (Fsp3) is 0.375. The highest BCUT2D eigenvalue weighted by molar-refractivity contribution is 5.74. The molecule has 0 atom stereocenters. The number of nitrogens with two attached hydrogens (primary N) is 1. The number of nitrogens with one attached hydrogen (secondary N) is 2. The van der Waals surface area contributed by atoms with Crippen LogP contribution in [0.2, 0.25) is 0 Å². The second-order valence-corrected chi connectivity index (χ2v) is 5.85. The summed E-state index contributed by atoms with van der Waals surface area (Å²) in [6, 6.07) is 6.93. The highest BCUT2D eigenvalue weighted by Crippen LogP contribution is 2.31. The zero-order chi connectivity index (χ0) is 18.4. The van der Waals surface area contributed by atoms with Crippen LogP contribution in [0.1, 0.15) is 20.3 Å². The molecule has 1 aromatic carbocycles. The first-order valence-electron chi connectivity index (χ1n) is 7.87. The lowest BCUT2D eigenvalue weighted by Gasteiger charge is -2.11. The number of nitro groups is 1. The molecule has 0 radical (unpaired) electrons. The van der Waals surface area contributed by atoms with Gasteiger partial charge >= 0.3 is 5.69 Å². The topological polar surface area (TPSA) is 128 Å². The summed E-state index contributed by atoms with van der Waals surface area (Å²) in [6.07, 6.45) is 0.918. The molecule has 0 aliphatic carbocycles. The summed E-state index contributed by atoms with van der Waals surface area (Å²) in [5, 5.41) is 17.3. The van der Waals surface area contributed by atoms with Gasteiger partial charge in [0.2, 0.25) is 17.6 Å². The molecule has 1 aromatic heterocycles. The van der Waals surface area contributed by atoms with Crippen molar-refractivity contribution in [2.75, 3.05) is 30.0 Å². The van der Waals surface area contributed by atoms with E-state index in [1.165, 1.54) is 0 Å². The molecule has 2 rings (SSSR count).